The largest absolute Gasteiger partial charge is 0.497 e. The van der Waals surface area contributed by atoms with E-state index in [-0.39, 0.29) is 12.1 Å². The molecular weight excluding hydrogens is 332 g/mol. The van der Waals surface area contributed by atoms with Crippen LogP contribution in [0.25, 0.3) is 0 Å². The van der Waals surface area contributed by atoms with Crippen molar-refractivity contribution in [2.75, 3.05) is 7.11 Å². The number of cyclic esters (lactones) is 1. The average molecular weight is 347 g/mol. The van der Waals surface area contributed by atoms with Crippen LogP contribution in [0.1, 0.15) is 33.2 Å². The molecule has 2 aromatic rings. The van der Waals surface area contributed by atoms with E-state index < -0.39 is 0 Å². The molecule has 0 fully saturated rings. The predicted octanol–water partition coefficient (Wildman–Crippen LogP) is 4.22. The molecular formula is C17H15BrO3. The van der Waals surface area contributed by atoms with E-state index >= 15 is 0 Å². The first-order valence-electron chi connectivity index (χ1n) is 6.72. The third-order valence-electron chi connectivity index (χ3n) is 3.79. The molecule has 2 aromatic carbocycles. The molecule has 3 nitrogen and oxygen atoms in total. The van der Waals surface area contributed by atoms with Gasteiger partial charge < -0.3 is 9.47 Å². The topological polar surface area (TPSA) is 35.5 Å². The quantitative estimate of drug-likeness (QED) is 0.780. The molecule has 0 bridgehead atoms. The SMILES string of the molecule is COc1ccc(CC2OC(=O)c3cc(Br)ccc32)c(C)c1. The van der Waals surface area contributed by atoms with Crippen molar-refractivity contribution in [3.8, 4) is 5.75 Å². The minimum Gasteiger partial charge on any atom is -0.497 e. The number of aryl methyl sites for hydroxylation is 1. The first kappa shape index (κ1) is 14.1. The third kappa shape index (κ3) is 2.68. The minimum absolute atomic E-state index is 0.215. The Balaban J connectivity index is 1.89. The van der Waals surface area contributed by atoms with Crippen molar-refractivity contribution in [1.29, 1.82) is 0 Å². The molecule has 0 spiro atoms. The molecule has 1 aliphatic rings. The molecule has 1 heterocycles. The van der Waals surface area contributed by atoms with E-state index in [2.05, 4.69) is 15.9 Å². The second kappa shape index (κ2) is 5.53. The van der Waals surface area contributed by atoms with Gasteiger partial charge in [-0.1, -0.05) is 28.1 Å². The van der Waals surface area contributed by atoms with Gasteiger partial charge in [-0.05, 0) is 42.3 Å². The fraction of sp³-hybridized carbons (Fsp3) is 0.235. The zero-order valence-corrected chi connectivity index (χ0v) is 13.4. The predicted molar refractivity (Wildman–Crippen MR) is 83.7 cm³/mol. The Labute approximate surface area is 132 Å². The standard InChI is InChI=1S/C17H15BrO3/c1-10-7-13(20-2)5-3-11(10)8-16-14-6-4-12(18)9-15(14)17(19)21-16/h3-7,9,16H,8H2,1-2H3. The monoisotopic (exact) mass is 346 g/mol. The number of hydrogen-bond donors (Lipinski definition) is 0. The summed E-state index contributed by atoms with van der Waals surface area (Å²) in [5.41, 5.74) is 3.90. The summed E-state index contributed by atoms with van der Waals surface area (Å²) in [7, 11) is 1.65. The zero-order chi connectivity index (χ0) is 15.0. The normalized spacial score (nSPS) is 16.5. The molecule has 0 radical (unpaired) electrons. The van der Waals surface area contributed by atoms with Gasteiger partial charge in [-0.3, -0.25) is 0 Å². The lowest BCUT2D eigenvalue weighted by atomic mass is 9.97. The molecule has 1 atom stereocenters. The van der Waals surface area contributed by atoms with E-state index in [1.54, 1.807) is 7.11 Å². The van der Waals surface area contributed by atoms with Crippen molar-refractivity contribution in [3.05, 3.63) is 63.1 Å². The molecule has 0 N–H and O–H groups in total. The van der Waals surface area contributed by atoms with Crippen molar-refractivity contribution in [1.82, 2.24) is 0 Å². The number of hydrogen-bond acceptors (Lipinski definition) is 3. The van der Waals surface area contributed by atoms with Crippen LogP contribution in [0.4, 0.5) is 0 Å². The number of esters is 1. The highest BCUT2D eigenvalue weighted by Crippen LogP contribution is 2.35. The summed E-state index contributed by atoms with van der Waals surface area (Å²) in [6.45, 7) is 2.04. The molecule has 0 aliphatic carbocycles. The van der Waals surface area contributed by atoms with Crippen LogP contribution in [-0.2, 0) is 11.2 Å². The zero-order valence-electron chi connectivity index (χ0n) is 11.9. The summed E-state index contributed by atoms with van der Waals surface area (Å²) in [4.78, 5) is 11.9. The second-order valence-electron chi connectivity index (χ2n) is 5.12. The first-order valence-corrected chi connectivity index (χ1v) is 7.51. The van der Waals surface area contributed by atoms with Gasteiger partial charge >= 0.3 is 5.97 Å². The van der Waals surface area contributed by atoms with E-state index in [9.17, 15) is 4.79 Å². The van der Waals surface area contributed by atoms with Gasteiger partial charge in [-0.25, -0.2) is 4.79 Å². The minimum atomic E-state index is -0.248. The molecule has 0 saturated heterocycles. The first-order chi connectivity index (χ1) is 10.1. The molecule has 0 aromatic heterocycles. The smallest absolute Gasteiger partial charge is 0.339 e. The number of rotatable bonds is 3. The number of benzene rings is 2. The lowest BCUT2D eigenvalue weighted by Gasteiger charge is -2.13. The van der Waals surface area contributed by atoms with Gasteiger partial charge in [0.25, 0.3) is 0 Å². The van der Waals surface area contributed by atoms with Crippen LogP contribution in [-0.4, -0.2) is 13.1 Å². The highest BCUT2D eigenvalue weighted by atomic mass is 79.9. The van der Waals surface area contributed by atoms with Crippen molar-refractivity contribution < 1.29 is 14.3 Å². The van der Waals surface area contributed by atoms with Crippen molar-refractivity contribution >= 4 is 21.9 Å². The van der Waals surface area contributed by atoms with Gasteiger partial charge in [0.05, 0.1) is 12.7 Å². The maximum atomic E-state index is 11.9. The maximum absolute atomic E-state index is 11.9. The summed E-state index contributed by atoms with van der Waals surface area (Å²) >= 11 is 3.38. The lowest BCUT2D eigenvalue weighted by Crippen LogP contribution is -2.04. The van der Waals surface area contributed by atoms with Crippen LogP contribution in [0, 0.1) is 6.92 Å². The molecule has 0 amide bonds. The fourth-order valence-electron chi connectivity index (χ4n) is 2.62. The van der Waals surface area contributed by atoms with E-state index in [0.717, 1.165) is 26.9 Å². The summed E-state index contributed by atoms with van der Waals surface area (Å²) < 4.78 is 11.6. The molecule has 0 saturated carbocycles. The van der Waals surface area contributed by atoms with Crippen LogP contribution < -0.4 is 4.74 Å². The van der Waals surface area contributed by atoms with Gasteiger partial charge in [-0.15, -0.1) is 0 Å². The van der Waals surface area contributed by atoms with Gasteiger partial charge in [-0.2, -0.15) is 0 Å². The number of fused-ring (bicyclic) bond motifs is 1. The average Bonchev–Trinajstić information content (AvgIpc) is 2.77. The summed E-state index contributed by atoms with van der Waals surface area (Å²) in [6, 6.07) is 11.7. The van der Waals surface area contributed by atoms with E-state index in [1.165, 1.54) is 0 Å². The number of ether oxygens (including phenoxy) is 2. The van der Waals surface area contributed by atoms with E-state index in [1.807, 2.05) is 43.3 Å². The van der Waals surface area contributed by atoms with E-state index in [0.29, 0.717) is 12.0 Å². The molecule has 1 aliphatic heterocycles. The maximum Gasteiger partial charge on any atom is 0.339 e. The summed E-state index contributed by atoms with van der Waals surface area (Å²) in [6.07, 6.45) is 0.462. The Hall–Kier alpha value is -1.81. The van der Waals surface area contributed by atoms with Crippen molar-refractivity contribution in [2.45, 2.75) is 19.4 Å². The summed E-state index contributed by atoms with van der Waals surface area (Å²) in [5, 5.41) is 0. The van der Waals surface area contributed by atoms with Crippen LogP contribution in [0.15, 0.2) is 40.9 Å². The number of halogens is 1. The Morgan fingerprint density at radius 3 is 2.76 bits per heavy atom. The molecule has 3 rings (SSSR count). The Morgan fingerprint density at radius 1 is 1.24 bits per heavy atom. The van der Waals surface area contributed by atoms with Gasteiger partial charge in [0.1, 0.15) is 11.9 Å². The van der Waals surface area contributed by atoms with Crippen LogP contribution in [0.3, 0.4) is 0 Å². The fourth-order valence-corrected chi connectivity index (χ4v) is 2.98. The van der Waals surface area contributed by atoms with Gasteiger partial charge in [0.15, 0.2) is 0 Å². The van der Waals surface area contributed by atoms with Crippen molar-refractivity contribution in [2.24, 2.45) is 0 Å². The Kier molecular flexibility index (Phi) is 3.72. The summed E-state index contributed by atoms with van der Waals surface area (Å²) in [5.74, 6) is 0.589. The molecule has 108 valence electrons. The third-order valence-corrected chi connectivity index (χ3v) is 4.28. The van der Waals surface area contributed by atoms with Crippen LogP contribution in [0.5, 0.6) is 5.75 Å². The Morgan fingerprint density at radius 2 is 2.05 bits per heavy atom. The van der Waals surface area contributed by atoms with Gasteiger partial charge in [0, 0.05) is 16.5 Å². The number of carbonyl (C=O) groups excluding carboxylic acids is 1. The van der Waals surface area contributed by atoms with Gasteiger partial charge in [0.2, 0.25) is 0 Å². The highest BCUT2D eigenvalue weighted by molar-refractivity contribution is 9.10. The van der Waals surface area contributed by atoms with Crippen LogP contribution in [0.2, 0.25) is 0 Å². The molecule has 21 heavy (non-hydrogen) atoms. The number of carbonyl (C=O) groups is 1. The second-order valence-corrected chi connectivity index (χ2v) is 6.04. The molecule has 1 unspecified atom stereocenters. The molecule has 4 heteroatoms. The van der Waals surface area contributed by atoms with Crippen molar-refractivity contribution in [3.63, 3.8) is 0 Å². The van der Waals surface area contributed by atoms with E-state index in [4.69, 9.17) is 9.47 Å². The number of methoxy groups -OCH3 is 1. The highest BCUT2D eigenvalue weighted by Gasteiger charge is 2.31. The van der Waals surface area contributed by atoms with Crippen LogP contribution >= 0.6 is 15.9 Å². The lowest BCUT2D eigenvalue weighted by molar-refractivity contribution is 0.0386. The Bertz CT molecular complexity index is 709.